The summed E-state index contributed by atoms with van der Waals surface area (Å²) >= 11 is 1.23. The number of hydrogen-bond donors (Lipinski definition) is 1. The molecule has 3 rings (SSSR count). The number of anilines is 2. The van der Waals surface area contributed by atoms with E-state index in [1.54, 1.807) is 6.92 Å². The van der Waals surface area contributed by atoms with Gasteiger partial charge >= 0.3 is 0 Å². The van der Waals surface area contributed by atoms with Crippen LogP contribution < -0.4 is 10.2 Å². The standard InChI is InChI=1S/C23H27F2N5OS/c1-5-29(6-2)18-11-8-16(9-12-18)21-27-28-23(30(21)7-3)32-15(4)22(31)26-20-13-10-17(24)14-19(20)25/h8-15H,5-7H2,1-4H3,(H,26,31). The van der Waals surface area contributed by atoms with Gasteiger partial charge in [-0.25, -0.2) is 8.78 Å². The minimum Gasteiger partial charge on any atom is -0.372 e. The molecule has 6 nitrogen and oxygen atoms in total. The molecule has 1 N–H and O–H groups in total. The Morgan fingerprint density at radius 1 is 1.09 bits per heavy atom. The lowest BCUT2D eigenvalue weighted by molar-refractivity contribution is -0.115. The molecule has 9 heteroatoms. The second-order valence-electron chi connectivity index (χ2n) is 7.14. The summed E-state index contributed by atoms with van der Waals surface area (Å²) in [7, 11) is 0. The van der Waals surface area contributed by atoms with Gasteiger partial charge in [0.25, 0.3) is 0 Å². The first-order valence-corrected chi connectivity index (χ1v) is 11.5. The van der Waals surface area contributed by atoms with Crippen LogP contribution in [0.5, 0.6) is 0 Å². The summed E-state index contributed by atoms with van der Waals surface area (Å²) in [5.41, 5.74) is 2.02. The van der Waals surface area contributed by atoms with E-state index in [1.807, 2.05) is 23.6 Å². The molecule has 1 unspecified atom stereocenters. The topological polar surface area (TPSA) is 63.1 Å². The second kappa shape index (κ2) is 10.6. The maximum Gasteiger partial charge on any atom is 0.237 e. The van der Waals surface area contributed by atoms with Crippen molar-refractivity contribution in [2.24, 2.45) is 0 Å². The fourth-order valence-corrected chi connectivity index (χ4v) is 4.23. The number of nitrogens with zero attached hydrogens (tertiary/aromatic N) is 4. The number of benzene rings is 2. The minimum absolute atomic E-state index is 0.0604. The molecule has 1 aromatic heterocycles. The highest BCUT2D eigenvalue weighted by Gasteiger charge is 2.21. The maximum atomic E-state index is 13.8. The van der Waals surface area contributed by atoms with Crippen LogP contribution >= 0.6 is 11.8 Å². The predicted molar refractivity (Wildman–Crippen MR) is 125 cm³/mol. The molecule has 0 aliphatic carbocycles. The molecule has 1 heterocycles. The molecule has 0 aliphatic rings. The van der Waals surface area contributed by atoms with Gasteiger partial charge in [-0.15, -0.1) is 10.2 Å². The summed E-state index contributed by atoms with van der Waals surface area (Å²) in [6, 6.07) is 11.2. The van der Waals surface area contributed by atoms with Crippen LogP contribution in [0.2, 0.25) is 0 Å². The molecule has 170 valence electrons. The van der Waals surface area contributed by atoms with Crippen LogP contribution in [-0.2, 0) is 11.3 Å². The van der Waals surface area contributed by atoms with Gasteiger partial charge in [-0.1, -0.05) is 11.8 Å². The second-order valence-corrected chi connectivity index (χ2v) is 8.45. The van der Waals surface area contributed by atoms with Gasteiger partial charge in [0, 0.05) is 37.0 Å². The van der Waals surface area contributed by atoms with E-state index in [0.717, 1.165) is 42.3 Å². The fourth-order valence-electron chi connectivity index (χ4n) is 3.32. The maximum absolute atomic E-state index is 13.8. The van der Waals surface area contributed by atoms with Crippen molar-refractivity contribution in [1.29, 1.82) is 0 Å². The minimum atomic E-state index is -0.817. The van der Waals surface area contributed by atoms with E-state index in [-0.39, 0.29) is 5.69 Å². The van der Waals surface area contributed by atoms with E-state index in [2.05, 4.69) is 46.4 Å². The fraction of sp³-hybridized carbons (Fsp3) is 0.348. The van der Waals surface area contributed by atoms with Crippen LogP contribution in [0.25, 0.3) is 11.4 Å². The summed E-state index contributed by atoms with van der Waals surface area (Å²) in [6.45, 7) is 10.4. The van der Waals surface area contributed by atoms with E-state index in [1.165, 1.54) is 17.8 Å². The molecule has 32 heavy (non-hydrogen) atoms. The van der Waals surface area contributed by atoms with Crippen molar-refractivity contribution in [3.63, 3.8) is 0 Å². The summed E-state index contributed by atoms with van der Waals surface area (Å²) in [5.74, 6) is -1.20. The largest absolute Gasteiger partial charge is 0.372 e. The number of thioether (sulfide) groups is 1. The third-order valence-corrected chi connectivity index (χ3v) is 6.21. The van der Waals surface area contributed by atoms with E-state index in [9.17, 15) is 13.6 Å². The van der Waals surface area contributed by atoms with Gasteiger partial charge in [-0.3, -0.25) is 4.79 Å². The quantitative estimate of drug-likeness (QED) is 0.445. The SMILES string of the molecule is CCN(CC)c1ccc(-c2nnc(SC(C)C(=O)Nc3ccc(F)cc3F)n2CC)cc1. The van der Waals surface area contributed by atoms with Crippen molar-refractivity contribution in [2.75, 3.05) is 23.3 Å². The summed E-state index contributed by atoms with van der Waals surface area (Å²) in [4.78, 5) is 14.8. The molecule has 0 saturated carbocycles. The molecule has 1 atom stereocenters. The molecule has 3 aromatic rings. The zero-order chi connectivity index (χ0) is 23.3. The highest BCUT2D eigenvalue weighted by atomic mass is 32.2. The Kier molecular flexibility index (Phi) is 7.84. The summed E-state index contributed by atoms with van der Waals surface area (Å²) in [5, 5.41) is 11.1. The average molecular weight is 460 g/mol. The number of halogens is 2. The number of aromatic nitrogens is 3. The van der Waals surface area contributed by atoms with Crippen molar-refractivity contribution in [3.05, 3.63) is 54.1 Å². The third-order valence-electron chi connectivity index (χ3n) is 5.13. The Bertz CT molecular complexity index is 1070. The number of carbonyl (C=O) groups is 1. The van der Waals surface area contributed by atoms with Gasteiger partial charge in [-0.05, 0) is 64.1 Å². The lowest BCUT2D eigenvalue weighted by Crippen LogP contribution is -2.23. The van der Waals surface area contributed by atoms with Crippen molar-refractivity contribution < 1.29 is 13.6 Å². The van der Waals surface area contributed by atoms with Crippen LogP contribution in [0.3, 0.4) is 0 Å². The van der Waals surface area contributed by atoms with E-state index >= 15 is 0 Å². The zero-order valence-corrected chi connectivity index (χ0v) is 19.4. The van der Waals surface area contributed by atoms with Crippen molar-refractivity contribution in [1.82, 2.24) is 14.8 Å². The normalized spacial score (nSPS) is 11.9. The smallest absolute Gasteiger partial charge is 0.237 e. The Balaban J connectivity index is 1.75. The number of rotatable bonds is 9. The molecular weight excluding hydrogens is 432 g/mol. The van der Waals surface area contributed by atoms with Gasteiger partial charge < -0.3 is 14.8 Å². The Morgan fingerprint density at radius 2 is 1.78 bits per heavy atom. The van der Waals surface area contributed by atoms with E-state index in [0.29, 0.717) is 11.7 Å². The first-order valence-electron chi connectivity index (χ1n) is 10.6. The zero-order valence-electron chi connectivity index (χ0n) is 18.6. The van der Waals surface area contributed by atoms with Gasteiger partial charge in [0.05, 0.1) is 10.9 Å². The monoisotopic (exact) mass is 459 g/mol. The molecule has 1 amide bonds. The average Bonchev–Trinajstić information content (AvgIpc) is 3.19. The van der Waals surface area contributed by atoms with Crippen LogP contribution in [-0.4, -0.2) is 39.0 Å². The van der Waals surface area contributed by atoms with Crippen LogP contribution in [0.1, 0.15) is 27.7 Å². The third kappa shape index (κ3) is 5.27. The number of nitrogens with one attached hydrogen (secondary N) is 1. The highest BCUT2D eigenvalue weighted by molar-refractivity contribution is 8.00. The molecule has 0 aliphatic heterocycles. The molecule has 2 aromatic carbocycles. The van der Waals surface area contributed by atoms with Gasteiger partial charge in [0.1, 0.15) is 11.6 Å². The van der Waals surface area contributed by atoms with E-state index in [4.69, 9.17) is 0 Å². The molecule has 0 radical (unpaired) electrons. The number of hydrogen-bond acceptors (Lipinski definition) is 5. The van der Waals surface area contributed by atoms with Crippen LogP contribution in [0.15, 0.2) is 47.6 Å². The molecule has 0 bridgehead atoms. The van der Waals surface area contributed by atoms with Crippen molar-refractivity contribution in [3.8, 4) is 11.4 Å². The summed E-state index contributed by atoms with van der Waals surface area (Å²) in [6.07, 6.45) is 0. The first-order chi connectivity index (χ1) is 15.4. The predicted octanol–water partition coefficient (Wildman–Crippen LogP) is 5.21. The number of amides is 1. The van der Waals surface area contributed by atoms with Crippen LogP contribution in [0.4, 0.5) is 20.2 Å². The Labute approximate surface area is 191 Å². The van der Waals surface area contributed by atoms with Gasteiger partial charge in [0.2, 0.25) is 5.91 Å². The first kappa shape index (κ1) is 23.7. The Hall–Kier alpha value is -2.94. The number of carbonyl (C=O) groups excluding carboxylic acids is 1. The van der Waals surface area contributed by atoms with Crippen molar-refractivity contribution in [2.45, 2.75) is 44.6 Å². The molecule has 0 spiro atoms. The van der Waals surface area contributed by atoms with Gasteiger partial charge in [-0.2, -0.15) is 0 Å². The summed E-state index contributed by atoms with van der Waals surface area (Å²) < 4.78 is 28.9. The van der Waals surface area contributed by atoms with Gasteiger partial charge in [0.15, 0.2) is 11.0 Å². The van der Waals surface area contributed by atoms with E-state index < -0.39 is 22.8 Å². The highest BCUT2D eigenvalue weighted by Crippen LogP contribution is 2.29. The Morgan fingerprint density at radius 3 is 2.38 bits per heavy atom. The lowest BCUT2D eigenvalue weighted by Gasteiger charge is -2.21. The molecular formula is C23H27F2N5OS. The van der Waals surface area contributed by atoms with Crippen LogP contribution in [0, 0.1) is 11.6 Å². The molecule has 0 saturated heterocycles. The van der Waals surface area contributed by atoms with Crippen molar-refractivity contribution >= 4 is 29.0 Å². The lowest BCUT2D eigenvalue weighted by atomic mass is 10.2. The molecule has 0 fully saturated rings.